The van der Waals surface area contributed by atoms with Gasteiger partial charge in [-0.1, -0.05) is 11.6 Å². The zero-order valence-corrected chi connectivity index (χ0v) is 12.5. The molecule has 2 aromatic rings. The van der Waals surface area contributed by atoms with Crippen molar-refractivity contribution in [1.82, 2.24) is 9.88 Å². The van der Waals surface area contributed by atoms with Gasteiger partial charge in [0.15, 0.2) is 0 Å². The Morgan fingerprint density at radius 1 is 1.43 bits per heavy atom. The summed E-state index contributed by atoms with van der Waals surface area (Å²) in [4.78, 5) is 24.5. The number of aliphatic hydroxyl groups excluding tert-OH is 1. The number of carbonyl (C=O) groups is 1. The maximum Gasteiger partial charge on any atom is 0.256 e. The molecule has 0 spiro atoms. The van der Waals surface area contributed by atoms with Crippen molar-refractivity contribution in [3.8, 4) is 0 Å². The molecular formula is C15H17ClN2O3. The second-order valence-electron chi connectivity index (χ2n) is 4.65. The monoisotopic (exact) mass is 308 g/mol. The molecule has 0 bridgehead atoms. The van der Waals surface area contributed by atoms with Crippen LogP contribution in [-0.4, -0.2) is 28.7 Å². The summed E-state index contributed by atoms with van der Waals surface area (Å²) in [6.07, 6.45) is 2.01. The van der Waals surface area contributed by atoms with Crippen LogP contribution in [0.25, 0.3) is 10.9 Å². The Balaban J connectivity index is 2.52. The normalized spacial score (nSPS) is 10.8. The van der Waals surface area contributed by atoms with Crippen LogP contribution in [0.1, 0.15) is 23.7 Å². The number of carbonyl (C=O) groups excluding carboxylic acids is 1. The standard InChI is InChI=1S/C15H17ClN2O3/c1-2-18-9-12(15(21)17-6-3-7-19)14(20)11-8-10(16)4-5-13(11)18/h4-5,8-9,19H,2-3,6-7H2,1H3,(H,17,21). The van der Waals surface area contributed by atoms with Crippen molar-refractivity contribution in [2.75, 3.05) is 13.2 Å². The van der Waals surface area contributed by atoms with Crippen LogP contribution in [-0.2, 0) is 6.54 Å². The third-order valence-corrected chi connectivity index (χ3v) is 3.48. The number of nitrogens with one attached hydrogen (secondary N) is 1. The van der Waals surface area contributed by atoms with Crippen molar-refractivity contribution in [2.24, 2.45) is 0 Å². The number of nitrogens with zero attached hydrogens (tertiary/aromatic N) is 1. The largest absolute Gasteiger partial charge is 0.396 e. The van der Waals surface area contributed by atoms with E-state index in [0.29, 0.717) is 29.9 Å². The van der Waals surface area contributed by atoms with Crippen molar-refractivity contribution < 1.29 is 9.90 Å². The van der Waals surface area contributed by atoms with Gasteiger partial charge in [-0.15, -0.1) is 0 Å². The Bertz CT molecular complexity index is 725. The molecule has 0 saturated carbocycles. The highest BCUT2D eigenvalue weighted by atomic mass is 35.5. The van der Waals surface area contributed by atoms with Crippen molar-refractivity contribution >= 4 is 28.4 Å². The number of amides is 1. The van der Waals surface area contributed by atoms with Crippen LogP contribution in [0.2, 0.25) is 5.02 Å². The molecule has 1 amide bonds. The Morgan fingerprint density at radius 3 is 2.86 bits per heavy atom. The quantitative estimate of drug-likeness (QED) is 0.827. The van der Waals surface area contributed by atoms with E-state index in [1.807, 2.05) is 11.5 Å². The molecule has 0 fully saturated rings. The summed E-state index contributed by atoms with van der Waals surface area (Å²) >= 11 is 5.94. The molecule has 0 unspecified atom stereocenters. The molecule has 0 aliphatic heterocycles. The van der Waals surface area contributed by atoms with Gasteiger partial charge in [0.1, 0.15) is 5.56 Å². The van der Waals surface area contributed by atoms with Crippen molar-refractivity contribution in [2.45, 2.75) is 19.9 Å². The molecular weight excluding hydrogens is 292 g/mol. The van der Waals surface area contributed by atoms with E-state index in [-0.39, 0.29) is 17.6 Å². The van der Waals surface area contributed by atoms with Gasteiger partial charge in [0.05, 0.1) is 5.52 Å². The molecule has 0 aliphatic rings. The third kappa shape index (κ3) is 3.25. The Kier molecular flexibility index (Phi) is 4.98. The summed E-state index contributed by atoms with van der Waals surface area (Å²) in [6.45, 7) is 2.89. The molecule has 0 atom stereocenters. The summed E-state index contributed by atoms with van der Waals surface area (Å²) < 4.78 is 1.84. The lowest BCUT2D eigenvalue weighted by Crippen LogP contribution is -2.30. The number of pyridine rings is 1. The van der Waals surface area contributed by atoms with Gasteiger partial charge >= 0.3 is 0 Å². The first-order valence-electron chi connectivity index (χ1n) is 6.80. The van der Waals surface area contributed by atoms with E-state index >= 15 is 0 Å². The number of halogens is 1. The van der Waals surface area contributed by atoms with E-state index in [2.05, 4.69) is 5.32 Å². The maximum atomic E-state index is 12.4. The molecule has 6 heteroatoms. The van der Waals surface area contributed by atoms with E-state index in [1.54, 1.807) is 24.4 Å². The lowest BCUT2D eigenvalue weighted by atomic mass is 10.1. The fourth-order valence-corrected chi connectivity index (χ4v) is 2.34. The van der Waals surface area contributed by atoms with Gasteiger partial charge in [-0.25, -0.2) is 0 Å². The Labute approximate surface area is 127 Å². The summed E-state index contributed by atoms with van der Waals surface area (Å²) in [5.41, 5.74) is 0.502. The molecule has 1 heterocycles. The number of benzene rings is 1. The number of hydrogen-bond acceptors (Lipinski definition) is 3. The predicted molar refractivity (Wildman–Crippen MR) is 82.9 cm³/mol. The summed E-state index contributed by atoms with van der Waals surface area (Å²) in [6, 6.07) is 5.07. The smallest absolute Gasteiger partial charge is 0.256 e. The number of fused-ring (bicyclic) bond motifs is 1. The van der Waals surface area contributed by atoms with Gasteiger partial charge in [0, 0.05) is 36.3 Å². The molecule has 0 saturated heterocycles. The third-order valence-electron chi connectivity index (χ3n) is 3.25. The van der Waals surface area contributed by atoms with E-state index in [9.17, 15) is 9.59 Å². The maximum absolute atomic E-state index is 12.4. The van der Waals surface area contributed by atoms with E-state index in [4.69, 9.17) is 16.7 Å². The Hall–Kier alpha value is -1.85. The minimum atomic E-state index is -0.433. The molecule has 0 aliphatic carbocycles. The van der Waals surface area contributed by atoms with E-state index < -0.39 is 5.91 Å². The van der Waals surface area contributed by atoms with Crippen LogP contribution < -0.4 is 10.7 Å². The lowest BCUT2D eigenvalue weighted by molar-refractivity contribution is 0.0949. The van der Waals surface area contributed by atoms with E-state index in [1.165, 1.54) is 0 Å². The first kappa shape index (κ1) is 15.5. The Morgan fingerprint density at radius 2 is 2.19 bits per heavy atom. The average molecular weight is 309 g/mol. The zero-order chi connectivity index (χ0) is 15.4. The van der Waals surface area contributed by atoms with Gasteiger partial charge in [0.25, 0.3) is 5.91 Å². The number of aryl methyl sites for hydroxylation is 1. The summed E-state index contributed by atoms with van der Waals surface area (Å²) in [5, 5.41) is 12.2. The fourth-order valence-electron chi connectivity index (χ4n) is 2.17. The molecule has 1 aromatic heterocycles. The summed E-state index contributed by atoms with van der Waals surface area (Å²) in [7, 11) is 0. The molecule has 1 aromatic carbocycles. The fraction of sp³-hybridized carbons (Fsp3) is 0.333. The van der Waals surface area contributed by atoms with Crippen molar-refractivity contribution in [1.29, 1.82) is 0 Å². The first-order valence-corrected chi connectivity index (χ1v) is 7.18. The second-order valence-corrected chi connectivity index (χ2v) is 5.09. The molecule has 21 heavy (non-hydrogen) atoms. The summed E-state index contributed by atoms with van der Waals surface area (Å²) in [5.74, 6) is -0.433. The van der Waals surface area contributed by atoms with Crippen LogP contribution in [0.3, 0.4) is 0 Å². The van der Waals surface area contributed by atoms with Gasteiger partial charge in [-0.3, -0.25) is 9.59 Å². The molecule has 2 rings (SSSR count). The van der Waals surface area contributed by atoms with Crippen molar-refractivity contribution in [3.63, 3.8) is 0 Å². The van der Waals surface area contributed by atoms with E-state index in [0.717, 1.165) is 5.52 Å². The number of rotatable bonds is 5. The van der Waals surface area contributed by atoms with Crippen LogP contribution in [0, 0.1) is 0 Å². The number of hydrogen-bond donors (Lipinski definition) is 2. The molecule has 112 valence electrons. The van der Waals surface area contributed by atoms with Crippen molar-refractivity contribution in [3.05, 3.63) is 45.2 Å². The topological polar surface area (TPSA) is 71.3 Å². The van der Waals surface area contributed by atoms with Gasteiger partial charge in [-0.2, -0.15) is 0 Å². The van der Waals surface area contributed by atoms with Crippen LogP contribution in [0.15, 0.2) is 29.2 Å². The van der Waals surface area contributed by atoms with Gasteiger partial charge < -0.3 is 15.0 Å². The predicted octanol–water partition coefficient (Wildman–Crippen LogP) is 1.79. The highest BCUT2D eigenvalue weighted by Crippen LogP contribution is 2.17. The molecule has 5 nitrogen and oxygen atoms in total. The second kappa shape index (κ2) is 6.74. The van der Waals surface area contributed by atoms with Gasteiger partial charge in [0.2, 0.25) is 5.43 Å². The number of aliphatic hydroxyl groups is 1. The first-order chi connectivity index (χ1) is 10.1. The zero-order valence-electron chi connectivity index (χ0n) is 11.7. The molecule has 2 N–H and O–H groups in total. The van der Waals surface area contributed by atoms with Crippen LogP contribution >= 0.6 is 11.6 Å². The SMILES string of the molecule is CCn1cc(C(=O)NCCCO)c(=O)c2cc(Cl)ccc21. The lowest BCUT2D eigenvalue weighted by Gasteiger charge is -2.12. The van der Waals surface area contributed by atoms with Crippen LogP contribution in [0.5, 0.6) is 0 Å². The highest BCUT2D eigenvalue weighted by Gasteiger charge is 2.15. The highest BCUT2D eigenvalue weighted by molar-refractivity contribution is 6.31. The molecule has 0 radical (unpaired) electrons. The van der Waals surface area contributed by atoms with Crippen LogP contribution in [0.4, 0.5) is 0 Å². The minimum Gasteiger partial charge on any atom is -0.396 e. The minimum absolute atomic E-state index is 0.00714. The van der Waals surface area contributed by atoms with Gasteiger partial charge in [-0.05, 0) is 31.5 Å². The number of aromatic nitrogens is 1. The average Bonchev–Trinajstić information content (AvgIpc) is 2.48.